The Kier molecular flexibility index (Phi) is 15.5. The van der Waals surface area contributed by atoms with E-state index in [1.807, 2.05) is 0 Å². The molecule has 2 aromatic heterocycles. The van der Waals surface area contributed by atoms with Crippen molar-refractivity contribution in [2.24, 2.45) is 0 Å². The van der Waals surface area contributed by atoms with Gasteiger partial charge in [0.2, 0.25) is 19.1 Å². The van der Waals surface area contributed by atoms with Gasteiger partial charge >= 0.3 is 0 Å². The number of aromatic nitrogens is 2. The highest BCUT2D eigenvalue weighted by atomic mass is 35.7. The number of hydroxylamine groups is 4. The second-order valence-corrected chi connectivity index (χ2v) is 11.2. The lowest BCUT2D eigenvalue weighted by atomic mass is 10.2. The van der Waals surface area contributed by atoms with Crippen LogP contribution in [0.3, 0.4) is 0 Å². The van der Waals surface area contributed by atoms with Gasteiger partial charge in [0.1, 0.15) is 11.6 Å². The maximum Gasteiger partial charge on any atom is 0.277 e. The number of nitrogens with two attached hydrogens (primary N) is 1. The largest absolute Gasteiger partial charge is 0.384 e. The zero-order valence-electron chi connectivity index (χ0n) is 19.8. The van der Waals surface area contributed by atoms with E-state index in [0.29, 0.717) is 11.4 Å². The molecule has 2 aromatic rings. The molecule has 0 unspecified atom stereocenters. The van der Waals surface area contributed by atoms with Crippen LogP contribution < -0.4 is 10.5 Å². The van der Waals surface area contributed by atoms with Crippen LogP contribution in [0.5, 0.6) is 0 Å². The Bertz CT molecular complexity index is 1200. The van der Waals surface area contributed by atoms with Crippen molar-refractivity contribution in [3.05, 3.63) is 47.8 Å². The smallest absolute Gasteiger partial charge is 0.277 e. The van der Waals surface area contributed by atoms with E-state index in [2.05, 4.69) is 25.4 Å². The topological polar surface area (TPSA) is 191 Å². The molecule has 0 saturated heterocycles. The second kappa shape index (κ2) is 15.8. The first-order valence-electron chi connectivity index (χ1n) is 9.17. The van der Waals surface area contributed by atoms with Gasteiger partial charge in [-0.05, 0) is 24.3 Å². The van der Waals surface area contributed by atoms with Crippen LogP contribution >= 0.6 is 10.7 Å². The molecule has 3 N–H and O–H groups in total. The minimum Gasteiger partial charge on any atom is -0.384 e. The van der Waals surface area contributed by atoms with E-state index in [4.69, 9.17) is 15.4 Å². The lowest BCUT2D eigenvalue weighted by molar-refractivity contribution is -0.0757. The molecular weight excluding hydrogens is 540 g/mol. The van der Waals surface area contributed by atoms with Crippen molar-refractivity contribution < 1.29 is 36.1 Å². The van der Waals surface area contributed by atoms with Gasteiger partial charge in [-0.3, -0.25) is 24.0 Å². The molecular formula is C19H31ClN6O8S2. The van der Waals surface area contributed by atoms with Crippen LogP contribution in [0.2, 0.25) is 0 Å². The van der Waals surface area contributed by atoms with E-state index in [1.165, 1.54) is 58.9 Å². The Labute approximate surface area is 215 Å². The molecule has 0 aliphatic rings. The summed E-state index contributed by atoms with van der Waals surface area (Å²) < 4.78 is 43.0. The van der Waals surface area contributed by atoms with Crippen molar-refractivity contribution in [2.75, 3.05) is 51.3 Å². The second-order valence-electron chi connectivity index (χ2n) is 6.43. The maximum atomic E-state index is 11.7. The number of nitrogens with zero attached hydrogens (tertiary/aromatic N) is 4. The van der Waals surface area contributed by atoms with Crippen LogP contribution in [0.1, 0.15) is 28.1 Å². The minimum atomic E-state index is -3.41. The lowest BCUT2D eigenvalue weighted by Crippen LogP contribution is -2.25. The number of sulfonamides is 1. The third-order valence-electron chi connectivity index (χ3n) is 3.44. The molecule has 36 heavy (non-hydrogen) atoms. The first-order chi connectivity index (χ1) is 16.0. The van der Waals surface area contributed by atoms with Crippen molar-refractivity contribution in [1.29, 1.82) is 0 Å². The van der Waals surface area contributed by atoms with Gasteiger partial charge in [-0.2, -0.15) is 0 Å². The summed E-state index contributed by atoms with van der Waals surface area (Å²) in [4.78, 5) is 40.2. The fraction of sp³-hybridized carbons (Fsp3) is 0.368. The number of nitrogen functional groups attached to an aromatic ring is 1. The van der Waals surface area contributed by atoms with Crippen LogP contribution in [-0.2, 0) is 28.7 Å². The number of carbonyl (C=O) groups is 2. The van der Waals surface area contributed by atoms with Gasteiger partial charge in [0.05, 0.1) is 26.7 Å². The Balaban J connectivity index is 0. The summed E-state index contributed by atoms with van der Waals surface area (Å²) >= 11 is 0. The van der Waals surface area contributed by atoms with Gasteiger partial charge in [-0.15, -0.1) is 0 Å². The van der Waals surface area contributed by atoms with E-state index in [-0.39, 0.29) is 24.7 Å². The molecule has 0 aliphatic heterocycles. The van der Waals surface area contributed by atoms with E-state index >= 15 is 0 Å². The predicted octanol–water partition coefficient (Wildman–Crippen LogP) is 1.20. The lowest BCUT2D eigenvalue weighted by Gasteiger charge is -2.13. The Morgan fingerprint density at radius 3 is 1.67 bits per heavy atom. The summed E-state index contributed by atoms with van der Waals surface area (Å²) in [6.07, 6.45) is 4.75. The molecule has 2 heterocycles. The molecule has 14 nitrogen and oxygen atoms in total. The monoisotopic (exact) mass is 570 g/mol. The number of hydrogen-bond donors (Lipinski definition) is 2. The third-order valence-corrected chi connectivity index (χ3v) is 4.02. The highest BCUT2D eigenvalue weighted by molar-refractivity contribution is 8.13. The number of carbonyl (C=O) groups excluding carboxylic acids is 2. The molecule has 2 amide bonds. The number of nitrogens with one attached hydrogen (secondary N) is 1. The normalized spacial score (nSPS) is 10.3. The van der Waals surface area contributed by atoms with E-state index < -0.39 is 25.0 Å². The van der Waals surface area contributed by atoms with E-state index in [0.717, 1.165) is 22.6 Å². The molecule has 17 heteroatoms. The number of amides is 2. The zero-order valence-corrected chi connectivity index (χ0v) is 22.2. The molecule has 0 fully saturated rings. The molecule has 204 valence electrons. The Morgan fingerprint density at radius 1 is 0.917 bits per heavy atom. The van der Waals surface area contributed by atoms with Crippen LogP contribution in [-0.4, -0.2) is 89.6 Å². The van der Waals surface area contributed by atoms with Gasteiger partial charge in [-0.1, -0.05) is 7.43 Å². The highest BCUT2D eigenvalue weighted by Gasteiger charge is 2.13. The van der Waals surface area contributed by atoms with Crippen LogP contribution in [0.4, 0.5) is 11.6 Å². The summed E-state index contributed by atoms with van der Waals surface area (Å²) in [7, 11) is 3.65. The van der Waals surface area contributed by atoms with Crippen molar-refractivity contribution in [2.45, 2.75) is 7.43 Å². The minimum absolute atomic E-state index is 0. The standard InChI is InChI=1S/C9H13N3O4S.C8H11N3O2.CH3ClO2S.CH4/c1-12(16-2)9(13)7-4-5-10-8(6-7)11-17(3,14)15;1-11(13-2)8(12)6-3-4-10-7(9)5-6;1-5(2,3)4;/h4-6H,1-3H3,(H,10,11);3-5H,1-2H3,(H2,9,10);1H3;1H4. The summed E-state index contributed by atoms with van der Waals surface area (Å²) in [6.45, 7) is 0. The fourth-order valence-corrected chi connectivity index (χ4v) is 2.41. The first-order valence-corrected chi connectivity index (χ1v) is 13.8. The average molecular weight is 571 g/mol. The molecule has 0 bridgehead atoms. The van der Waals surface area contributed by atoms with Gasteiger partial charge < -0.3 is 5.73 Å². The van der Waals surface area contributed by atoms with Gasteiger partial charge in [-0.25, -0.2) is 36.9 Å². The molecule has 0 atom stereocenters. The SMILES string of the molecule is C.CON(C)C(=O)c1ccnc(N)c1.CON(C)C(=O)c1ccnc(NS(C)(=O)=O)c1.CS(=O)(=O)Cl. The summed E-state index contributed by atoms with van der Waals surface area (Å²) in [5.41, 5.74) is 6.14. The number of hydrogen-bond acceptors (Lipinski definition) is 11. The van der Waals surface area contributed by atoms with Gasteiger partial charge in [0.15, 0.2) is 0 Å². The van der Waals surface area contributed by atoms with E-state index in [9.17, 15) is 26.4 Å². The number of pyridine rings is 2. The Morgan fingerprint density at radius 2 is 1.31 bits per heavy atom. The van der Waals surface area contributed by atoms with Gasteiger partial charge in [0.25, 0.3) is 11.8 Å². The fourth-order valence-electron chi connectivity index (χ4n) is 1.92. The summed E-state index contributed by atoms with van der Waals surface area (Å²) in [5.74, 6) is -0.249. The molecule has 0 spiro atoms. The number of anilines is 2. The molecule has 0 radical (unpaired) electrons. The van der Waals surface area contributed by atoms with Crippen molar-refractivity contribution in [3.8, 4) is 0 Å². The molecule has 0 aliphatic carbocycles. The highest BCUT2D eigenvalue weighted by Crippen LogP contribution is 2.10. The maximum absolute atomic E-state index is 11.7. The average Bonchev–Trinajstić information content (AvgIpc) is 2.75. The summed E-state index contributed by atoms with van der Waals surface area (Å²) in [5, 5.41) is 2.15. The van der Waals surface area contributed by atoms with Crippen molar-refractivity contribution >= 4 is 53.2 Å². The number of halogens is 1. The molecule has 0 aromatic carbocycles. The van der Waals surface area contributed by atoms with E-state index in [1.54, 1.807) is 6.07 Å². The van der Waals surface area contributed by atoms with Crippen molar-refractivity contribution in [1.82, 2.24) is 20.1 Å². The predicted molar refractivity (Wildman–Crippen MR) is 137 cm³/mol. The van der Waals surface area contributed by atoms with Crippen LogP contribution in [0.15, 0.2) is 36.7 Å². The molecule has 2 rings (SSSR count). The zero-order chi connectivity index (χ0) is 27.4. The third kappa shape index (κ3) is 15.8. The molecule has 0 saturated carbocycles. The number of rotatable bonds is 6. The van der Waals surface area contributed by atoms with Crippen LogP contribution in [0.25, 0.3) is 0 Å². The first kappa shape index (κ1) is 35.1. The summed E-state index contributed by atoms with van der Waals surface area (Å²) in [6, 6.07) is 5.87. The Hall–Kier alpha value is -3.05. The van der Waals surface area contributed by atoms with Crippen LogP contribution in [0, 0.1) is 0 Å². The van der Waals surface area contributed by atoms with Gasteiger partial charge in [0, 0.05) is 48.3 Å². The quantitative estimate of drug-likeness (QED) is 0.374. The van der Waals surface area contributed by atoms with Crippen molar-refractivity contribution in [3.63, 3.8) is 0 Å².